The maximum absolute atomic E-state index is 13.1. The van der Waals surface area contributed by atoms with E-state index in [1.807, 2.05) is 13.0 Å². The van der Waals surface area contributed by atoms with Gasteiger partial charge in [0.2, 0.25) is 5.78 Å². The van der Waals surface area contributed by atoms with Gasteiger partial charge in [-0.1, -0.05) is 12.1 Å². The molecule has 2 aliphatic heterocycles. The van der Waals surface area contributed by atoms with Crippen LogP contribution in [-0.2, 0) is 13.0 Å². The first-order chi connectivity index (χ1) is 14.6. The Kier molecular flexibility index (Phi) is 4.64. The highest BCUT2D eigenvalue weighted by Gasteiger charge is 2.33. The highest BCUT2D eigenvalue weighted by atomic mass is 19.1. The largest absolute Gasteiger partial charge is 0.477 e. The molecule has 2 aliphatic rings. The molecule has 0 aliphatic carbocycles. The summed E-state index contributed by atoms with van der Waals surface area (Å²) in [6, 6.07) is 12.0. The molecule has 0 fully saturated rings. The number of allylic oxidation sites excluding steroid dienone is 1. The van der Waals surface area contributed by atoms with Crippen LogP contribution in [0.5, 0.6) is 11.5 Å². The number of fused-ring (bicyclic) bond motifs is 2. The quantitative estimate of drug-likeness (QED) is 0.587. The maximum atomic E-state index is 13.1. The fourth-order valence-corrected chi connectivity index (χ4v) is 3.88. The number of furan rings is 1. The van der Waals surface area contributed by atoms with Crippen LogP contribution in [0.15, 0.2) is 58.9 Å². The number of carbonyl (C=O) groups is 1. The van der Waals surface area contributed by atoms with Crippen molar-refractivity contribution in [3.05, 3.63) is 88.3 Å². The van der Waals surface area contributed by atoms with E-state index in [0.29, 0.717) is 30.3 Å². The summed E-state index contributed by atoms with van der Waals surface area (Å²) >= 11 is 0. The summed E-state index contributed by atoms with van der Waals surface area (Å²) < 4.78 is 30.2. The van der Waals surface area contributed by atoms with E-state index in [2.05, 4.69) is 4.90 Å². The van der Waals surface area contributed by atoms with Crippen LogP contribution < -0.4 is 9.47 Å². The van der Waals surface area contributed by atoms with Gasteiger partial charge in [0.15, 0.2) is 5.76 Å². The summed E-state index contributed by atoms with van der Waals surface area (Å²) in [4.78, 5) is 15.0. The van der Waals surface area contributed by atoms with Crippen molar-refractivity contribution in [2.24, 2.45) is 0 Å². The highest BCUT2D eigenvalue weighted by Crippen LogP contribution is 2.43. The minimum absolute atomic E-state index is 0.157. The molecule has 152 valence electrons. The van der Waals surface area contributed by atoms with Crippen molar-refractivity contribution >= 4 is 11.9 Å². The number of carbonyl (C=O) groups excluding carboxylic acids is 1. The van der Waals surface area contributed by atoms with Crippen molar-refractivity contribution in [1.82, 2.24) is 4.90 Å². The van der Waals surface area contributed by atoms with Crippen LogP contribution >= 0.6 is 0 Å². The molecule has 0 saturated carbocycles. The normalized spacial score (nSPS) is 16.9. The van der Waals surface area contributed by atoms with Crippen LogP contribution in [0.1, 0.15) is 32.8 Å². The second kappa shape index (κ2) is 7.46. The molecular weight excluding hydrogens is 385 g/mol. The van der Waals surface area contributed by atoms with E-state index >= 15 is 0 Å². The average Bonchev–Trinajstić information content (AvgIpc) is 3.37. The van der Waals surface area contributed by atoms with E-state index in [4.69, 9.17) is 13.9 Å². The molecule has 3 aromatic rings. The first-order valence-electron chi connectivity index (χ1n) is 9.82. The van der Waals surface area contributed by atoms with Crippen LogP contribution in [0.3, 0.4) is 0 Å². The minimum Gasteiger partial charge on any atom is -0.477 e. The van der Waals surface area contributed by atoms with Crippen molar-refractivity contribution in [2.45, 2.75) is 19.9 Å². The van der Waals surface area contributed by atoms with Gasteiger partial charge in [0.05, 0.1) is 11.8 Å². The summed E-state index contributed by atoms with van der Waals surface area (Å²) in [6.07, 6.45) is 3.95. The number of nitrogens with zero attached hydrogens (tertiary/aromatic N) is 1. The molecule has 0 spiro atoms. The summed E-state index contributed by atoms with van der Waals surface area (Å²) in [7, 11) is 0. The number of hydrogen-bond donors (Lipinski definition) is 0. The zero-order chi connectivity index (χ0) is 20.7. The molecule has 0 bridgehead atoms. The van der Waals surface area contributed by atoms with Gasteiger partial charge in [-0.05, 0) is 49.2 Å². The SMILES string of the molecule is Cc1c2c(cc3c1O/C(=C\c1ccco1)C3=O)CN(CCc1ccc(F)cc1)CO2. The lowest BCUT2D eigenvalue weighted by atomic mass is 10.00. The van der Waals surface area contributed by atoms with Gasteiger partial charge >= 0.3 is 0 Å². The summed E-state index contributed by atoms with van der Waals surface area (Å²) in [5.41, 5.74) is 3.42. The number of halogens is 1. The van der Waals surface area contributed by atoms with Crippen molar-refractivity contribution in [3.8, 4) is 11.5 Å². The van der Waals surface area contributed by atoms with Gasteiger partial charge < -0.3 is 13.9 Å². The van der Waals surface area contributed by atoms with Crippen molar-refractivity contribution in [1.29, 1.82) is 0 Å². The van der Waals surface area contributed by atoms with Crippen LogP contribution in [0.2, 0.25) is 0 Å². The average molecular weight is 405 g/mol. The van der Waals surface area contributed by atoms with Gasteiger partial charge in [0.25, 0.3) is 0 Å². The lowest BCUT2D eigenvalue weighted by Crippen LogP contribution is -2.34. The lowest BCUT2D eigenvalue weighted by molar-refractivity contribution is 0.0954. The molecule has 0 amide bonds. The summed E-state index contributed by atoms with van der Waals surface area (Å²) in [5, 5.41) is 0. The molecule has 1 aromatic heterocycles. The molecule has 0 saturated heterocycles. The first kappa shape index (κ1) is 18.6. The predicted octanol–water partition coefficient (Wildman–Crippen LogP) is 4.74. The summed E-state index contributed by atoms with van der Waals surface area (Å²) in [6.45, 7) is 3.82. The number of rotatable bonds is 4. The fourth-order valence-electron chi connectivity index (χ4n) is 3.88. The lowest BCUT2D eigenvalue weighted by Gasteiger charge is -2.30. The number of ketones is 1. The molecule has 0 unspecified atom stereocenters. The molecule has 5 nitrogen and oxygen atoms in total. The van der Waals surface area contributed by atoms with E-state index in [9.17, 15) is 9.18 Å². The smallest absolute Gasteiger partial charge is 0.232 e. The molecule has 6 heteroatoms. The van der Waals surface area contributed by atoms with E-state index in [0.717, 1.165) is 35.4 Å². The topological polar surface area (TPSA) is 51.9 Å². The fraction of sp³-hybridized carbons (Fsp3) is 0.208. The van der Waals surface area contributed by atoms with Crippen LogP contribution in [0.4, 0.5) is 4.39 Å². The molecule has 0 radical (unpaired) electrons. The molecular formula is C24H20FNO4. The van der Waals surface area contributed by atoms with E-state index in [-0.39, 0.29) is 17.4 Å². The minimum atomic E-state index is -0.231. The molecule has 30 heavy (non-hydrogen) atoms. The second-order valence-electron chi connectivity index (χ2n) is 7.52. The van der Waals surface area contributed by atoms with E-state index < -0.39 is 0 Å². The number of benzene rings is 2. The number of ether oxygens (including phenoxy) is 2. The van der Waals surface area contributed by atoms with Crippen molar-refractivity contribution in [2.75, 3.05) is 13.3 Å². The van der Waals surface area contributed by atoms with Gasteiger partial charge in [-0.15, -0.1) is 0 Å². The Morgan fingerprint density at radius 3 is 2.77 bits per heavy atom. The molecule has 2 aromatic carbocycles. The zero-order valence-electron chi connectivity index (χ0n) is 16.5. The Balaban J connectivity index is 1.35. The van der Waals surface area contributed by atoms with Gasteiger partial charge in [0.1, 0.15) is 29.8 Å². The maximum Gasteiger partial charge on any atom is 0.232 e. The Bertz CT molecular complexity index is 1130. The Morgan fingerprint density at radius 2 is 2.00 bits per heavy atom. The van der Waals surface area contributed by atoms with Crippen molar-refractivity contribution in [3.63, 3.8) is 0 Å². The molecule has 3 heterocycles. The number of hydrogen-bond acceptors (Lipinski definition) is 5. The van der Waals surface area contributed by atoms with E-state index in [1.54, 1.807) is 36.6 Å². The Labute approximate surface area is 173 Å². The molecule has 5 rings (SSSR count). The Morgan fingerprint density at radius 1 is 1.17 bits per heavy atom. The van der Waals surface area contributed by atoms with Gasteiger partial charge in [-0.25, -0.2) is 4.39 Å². The molecule has 0 atom stereocenters. The van der Waals surface area contributed by atoms with E-state index in [1.165, 1.54) is 12.1 Å². The third-order valence-corrected chi connectivity index (χ3v) is 5.45. The first-order valence-corrected chi connectivity index (χ1v) is 9.82. The van der Waals surface area contributed by atoms with Crippen LogP contribution in [-0.4, -0.2) is 24.0 Å². The monoisotopic (exact) mass is 405 g/mol. The summed E-state index contributed by atoms with van der Waals surface area (Å²) in [5.74, 6) is 1.76. The van der Waals surface area contributed by atoms with Crippen LogP contribution in [0.25, 0.3) is 6.08 Å². The van der Waals surface area contributed by atoms with Gasteiger partial charge in [-0.2, -0.15) is 0 Å². The van der Waals surface area contributed by atoms with Gasteiger partial charge in [-0.3, -0.25) is 9.69 Å². The van der Waals surface area contributed by atoms with Crippen LogP contribution in [0, 0.1) is 12.7 Å². The highest BCUT2D eigenvalue weighted by molar-refractivity contribution is 6.15. The predicted molar refractivity (Wildman–Crippen MR) is 109 cm³/mol. The second-order valence-corrected chi connectivity index (χ2v) is 7.52. The van der Waals surface area contributed by atoms with Crippen molar-refractivity contribution < 1.29 is 23.1 Å². The standard InChI is InChI=1S/C24H20FNO4/c1-15-23-17(13-26(14-29-23)9-8-16-4-6-18(25)7-5-16)11-20-22(27)21(30-24(15)20)12-19-3-2-10-28-19/h2-7,10-12H,8-9,13-14H2,1H3/b21-12-. The van der Waals surface area contributed by atoms with Gasteiger partial charge in [0, 0.05) is 30.3 Å². The zero-order valence-corrected chi connectivity index (χ0v) is 16.5. The number of Topliss-reactive ketones (excluding diaryl/α,β-unsaturated/α-hetero) is 1. The Hall–Kier alpha value is -3.38. The third kappa shape index (κ3) is 3.39. The third-order valence-electron chi connectivity index (χ3n) is 5.45. The molecule has 0 N–H and O–H groups in total.